The molecule has 0 radical (unpaired) electrons. The zero-order chi connectivity index (χ0) is 18.6. The van der Waals surface area contributed by atoms with E-state index in [1.165, 1.54) is 0 Å². The third-order valence-electron chi connectivity index (χ3n) is 4.09. The number of thiophene rings is 1. The number of furan rings is 1. The molecule has 0 aliphatic rings. The second-order valence-corrected chi connectivity index (χ2v) is 6.88. The van der Waals surface area contributed by atoms with Crippen LogP contribution in [0.15, 0.2) is 58.5 Å². The number of nitrogens with one attached hydrogen (secondary N) is 2. The molecule has 3 heterocycles. The second kappa shape index (κ2) is 7.59. The molecule has 0 saturated carbocycles. The number of carbonyl (C=O) groups is 1. The molecule has 0 atom stereocenters. The minimum Gasteiger partial charge on any atom is -0.467 e. The average molecular weight is 378 g/mol. The van der Waals surface area contributed by atoms with Crippen molar-refractivity contribution in [3.05, 3.63) is 65.7 Å². The van der Waals surface area contributed by atoms with Gasteiger partial charge in [0.1, 0.15) is 22.2 Å². The van der Waals surface area contributed by atoms with Crippen LogP contribution in [0.2, 0.25) is 0 Å². The molecule has 27 heavy (non-hydrogen) atoms. The molecule has 0 saturated heterocycles. The third kappa shape index (κ3) is 3.83. The van der Waals surface area contributed by atoms with E-state index in [4.69, 9.17) is 4.42 Å². The highest BCUT2D eigenvalue weighted by atomic mass is 32.1. The quantitative estimate of drug-likeness (QED) is 0.530. The van der Waals surface area contributed by atoms with Crippen LogP contribution in [0.3, 0.4) is 0 Å². The van der Waals surface area contributed by atoms with Gasteiger partial charge in [0.15, 0.2) is 0 Å². The molecule has 3 aromatic heterocycles. The highest BCUT2D eigenvalue weighted by Crippen LogP contribution is 2.36. The van der Waals surface area contributed by atoms with E-state index in [1.807, 2.05) is 31.2 Å². The summed E-state index contributed by atoms with van der Waals surface area (Å²) in [6.07, 6.45) is 1.59. The summed E-state index contributed by atoms with van der Waals surface area (Å²) in [5, 5.41) is 9.01. The van der Waals surface area contributed by atoms with E-state index in [0.29, 0.717) is 23.9 Å². The van der Waals surface area contributed by atoms with E-state index < -0.39 is 0 Å². The maximum atomic E-state index is 12.2. The molecule has 4 aromatic rings. The zero-order valence-corrected chi connectivity index (χ0v) is 15.5. The Morgan fingerprint density at radius 3 is 2.78 bits per heavy atom. The Labute approximate surface area is 160 Å². The third-order valence-corrected chi connectivity index (χ3v) is 4.96. The summed E-state index contributed by atoms with van der Waals surface area (Å²) in [5.74, 6) is 1.92. The fourth-order valence-electron chi connectivity index (χ4n) is 2.83. The topological polar surface area (TPSA) is 80.0 Å². The van der Waals surface area contributed by atoms with Crippen molar-refractivity contribution in [2.24, 2.45) is 0 Å². The van der Waals surface area contributed by atoms with E-state index in [2.05, 4.69) is 38.1 Å². The Hall–Kier alpha value is -3.19. The van der Waals surface area contributed by atoms with Crippen molar-refractivity contribution >= 4 is 33.3 Å². The van der Waals surface area contributed by atoms with E-state index >= 15 is 0 Å². The molecule has 136 valence electrons. The van der Waals surface area contributed by atoms with Crippen molar-refractivity contribution in [3.63, 3.8) is 0 Å². The summed E-state index contributed by atoms with van der Waals surface area (Å²) in [6.45, 7) is 2.33. The summed E-state index contributed by atoms with van der Waals surface area (Å²) in [5.41, 5.74) is 2.16. The van der Waals surface area contributed by atoms with Crippen molar-refractivity contribution in [1.29, 1.82) is 0 Å². The number of fused-ring (bicyclic) bond motifs is 1. The number of aromatic nitrogens is 2. The largest absolute Gasteiger partial charge is 0.467 e. The summed E-state index contributed by atoms with van der Waals surface area (Å²) in [6, 6.07) is 13.7. The lowest BCUT2D eigenvalue weighted by Crippen LogP contribution is -2.29. The average Bonchev–Trinajstić information content (AvgIpc) is 3.34. The summed E-state index contributed by atoms with van der Waals surface area (Å²) in [7, 11) is 0. The van der Waals surface area contributed by atoms with Crippen LogP contribution >= 0.6 is 11.3 Å². The van der Waals surface area contributed by atoms with Gasteiger partial charge >= 0.3 is 0 Å². The van der Waals surface area contributed by atoms with Gasteiger partial charge in [0, 0.05) is 10.9 Å². The number of hydrogen-bond acceptors (Lipinski definition) is 6. The first-order valence-corrected chi connectivity index (χ1v) is 9.43. The Morgan fingerprint density at radius 1 is 1.15 bits per heavy atom. The van der Waals surface area contributed by atoms with Crippen LogP contribution in [-0.2, 0) is 11.3 Å². The number of benzene rings is 1. The Bertz CT molecular complexity index is 1060. The van der Waals surface area contributed by atoms with E-state index in [-0.39, 0.29) is 12.5 Å². The van der Waals surface area contributed by atoms with Crippen LogP contribution in [0.4, 0.5) is 5.82 Å². The SMILES string of the molecule is Cc1nc(NCC(=O)NCc2ccco2)c2c(-c3ccccc3)csc2n1. The Balaban J connectivity index is 1.55. The van der Waals surface area contributed by atoms with Crippen molar-refractivity contribution in [1.82, 2.24) is 15.3 Å². The molecule has 4 rings (SSSR count). The van der Waals surface area contributed by atoms with E-state index in [9.17, 15) is 4.79 Å². The number of carbonyl (C=O) groups excluding carboxylic acids is 1. The van der Waals surface area contributed by atoms with Crippen molar-refractivity contribution in [2.75, 3.05) is 11.9 Å². The van der Waals surface area contributed by atoms with Gasteiger partial charge in [-0.15, -0.1) is 11.3 Å². The molecule has 0 bridgehead atoms. The molecular weight excluding hydrogens is 360 g/mol. The number of hydrogen-bond donors (Lipinski definition) is 2. The lowest BCUT2D eigenvalue weighted by atomic mass is 10.1. The van der Waals surface area contributed by atoms with Crippen LogP contribution in [-0.4, -0.2) is 22.4 Å². The normalized spacial score (nSPS) is 10.9. The number of rotatable bonds is 6. The van der Waals surface area contributed by atoms with Gasteiger partial charge in [0.05, 0.1) is 24.7 Å². The van der Waals surface area contributed by atoms with E-state index in [1.54, 1.807) is 23.7 Å². The fraction of sp³-hybridized carbons (Fsp3) is 0.150. The molecule has 0 aliphatic heterocycles. The van der Waals surface area contributed by atoms with Gasteiger partial charge < -0.3 is 15.1 Å². The molecule has 1 amide bonds. The van der Waals surface area contributed by atoms with Gasteiger partial charge in [0.2, 0.25) is 5.91 Å². The van der Waals surface area contributed by atoms with E-state index in [0.717, 1.165) is 21.3 Å². The first-order valence-electron chi connectivity index (χ1n) is 8.55. The van der Waals surface area contributed by atoms with Gasteiger partial charge in [-0.05, 0) is 24.6 Å². The van der Waals surface area contributed by atoms with Gasteiger partial charge in [-0.1, -0.05) is 30.3 Å². The molecular formula is C20H18N4O2S. The van der Waals surface area contributed by atoms with Crippen LogP contribution in [0, 0.1) is 6.92 Å². The fourth-order valence-corrected chi connectivity index (χ4v) is 3.82. The maximum absolute atomic E-state index is 12.2. The molecule has 7 heteroatoms. The molecule has 6 nitrogen and oxygen atoms in total. The van der Waals surface area contributed by atoms with Crippen LogP contribution < -0.4 is 10.6 Å². The Morgan fingerprint density at radius 2 is 2.00 bits per heavy atom. The predicted octanol–water partition coefficient (Wildman–Crippen LogP) is 3.99. The maximum Gasteiger partial charge on any atom is 0.239 e. The van der Waals surface area contributed by atoms with Crippen LogP contribution in [0.25, 0.3) is 21.3 Å². The standard InChI is InChI=1S/C20H18N4O2S/c1-13-23-19(22-11-17(25)21-10-15-8-5-9-26-15)18-16(12-27-20(18)24-13)14-6-3-2-4-7-14/h2-9,12H,10-11H2,1H3,(H,21,25)(H,22,23,24). The molecule has 1 aromatic carbocycles. The Kier molecular flexibility index (Phi) is 4.84. The van der Waals surface area contributed by atoms with Gasteiger partial charge in [-0.2, -0.15) is 0 Å². The first-order chi connectivity index (χ1) is 13.2. The number of amides is 1. The van der Waals surface area contributed by atoms with Crippen molar-refractivity contribution in [3.8, 4) is 11.1 Å². The lowest BCUT2D eigenvalue weighted by Gasteiger charge is -2.10. The predicted molar refractivity (Wildman–Crippen MR) is 107 cm³/mol. The monoisotopic (exact) mass is 378 g/mol. The summed E-state index contributed by atoms with van der Waals surface area (Å²) in [4.78, 5) is 22.1. The number of aryl methyl sites for hydroxylation is 1. The zero-order valence-electron chi connectivity index (χ0n) is 14.7. The van der Waals surface area contributed by atoms with Crippen LogP contribution in [0.5, 0.6) is 0 Å². The molecule has 0 fully saturated rings. The minimum atomic E-state index is -0.132. The molecule has 0 spiro atoms. The minimum absolute atomic E-state index is 0.121. The number of anilines is 1. The van der Waals surface area contributed by atoms with Gasteiger partial charge in [0.25, 0.3) is 0 Å². The molecule has 0 unspecified atom stereocenters. The summed E-state index contributed by atoms with van der Waals surface area (Å²) >= 11 is 1.58. The second-order valence-electron chi connectivity index (χ2n) is 6.02. The molecule has 2 N–H and O–H groups in total. The van der Waals surface area contributed by atoms with Gasteiger partial charge in [-0.25, -0.2) is 9.97 Å². The molecule has 0 aliphatic carbocycles. The first kappa shape index (κ1) is 17.2. The highest BCUT2D eigenvalue weighted by Gasteiger charge is 2.15. The van der Waals surface area contributed by atoms with Crippen LogP contribution in [0.1, 0.15) is 11.6 Å². The summed E-state index contributed by atoms with van der Waals surface area (Å²) < 4.78 is 5.22. The number of nitrogens with zero attached hydrogens (tertiary/aromatic N) is 2. The highest BCUT2D eigenvalue weighted by molar-refractivity contribution is 7.17. The van der Waals surface area contributed by atoms with Crippen molar-refractivity contribution in [2.45, 2.75) is 13.5 Å². The smallest absolute Gasteiger partial charge is 0.239 e. The lowest BCUT2D eigenvalue weighted by molar-refractivity contribution is -0.119. The van der Waals surface area contributed by atoms with Gasteiger partial charge in [-0.3, -0.25) is 4.79 Å². The van der Waals surface area contributed by atoms with Crippen molar-refractivity contribution < 1.29 is 9.21 Å².